The Morgan fingerprint density at radius 2 is 0.530 bits per heavy atom. The van der Waals surface area contributed by atoms with E-state index in [1.807, 2.05) is 0 Å². The Bertz CT molecular complexity index is 1000. The molecule has 0 aliphatic heterocycles. The molecule has 7 nitrogen and oxygen atoms in total. The van der Waals surface area contributed by atoms with E-state index in [4.69, 9.17) is 4.74 Å². The van der Waals surface area contributed by atoms with Crippen molar-refractivity contribution in [3.8, 4) is 0 Å². The zero-order valence-corrected chi connectivity index (χ0v) is 44.5. The second kappa shape index (κ2) is 48.7. The first-order valence-electron chi connectivity index (χ1n) is 29.4. The van der Waals surface area contributed by atoms with Gasteiger partial charge in [0, 0.05) is 12.8 Å². The molecule has 0 bridgehead atoms. The third-order valence-corrected chi connectivity index (χ3v) is 14.7. The second-order valence-electron chi connectivity index (χ2n) is 21.0. The number of ether oxygens (including phenoxy) is 1. The van der Waals surface area contributed by atoms with Crippen LogP contribution in [0.25, 0.3) is 0 Å². The third-order valence-electron chi connectivity index (χ3n) is 14.7. The molecule has 0 aliphatic rings. The molecule has 0 saturated carbocycles. The van der Waals surface area contributed by atoms with E-state index in [1.165, 1.54) is 205 Å². The van der Waals surface area contributed by atoms with Crippen molar-refractivity contribution in [2.45, 2.75) is 323 Å². The fourth-order valence-electron chi connectivity index (χ4n) is 9.72. The van der Waals surface area contributed by atoms with Gasteiger partial charge in [0.25, 0.3) is 0 Å². The van der Waals surface area contributed by atoms with Gasteiger partial charge in [-0.2, -0.15) is 0 Å². The van der Waals surface area contributed by atoms with Crippen molar-refractivity contribution in [3.05, 3.63) is 0 Å². The number of unbranched alkanes of at least 4 members (excludes halogenated alkanes) is 41. The molecule has 0 spiro atoms. The fourth-order valence-corrected chi connectivity index (χ4v) is 9.72. The Kier molecular flexibility index (Phi) is 47.7. The average Bonchev–Trinajstić information content (AvgIpc) is 3.33. The molecule has 0 aliphatic carbocycles. The lowest BCUT2D eigenvalue weighted by Crippen LogP contribution is -2.49. The molecule has 392 valence electrons. The predicted octanol–water partition coefficient (Wildman–Crippen LogP) is 17.0. The Morgan fingerprint density at radius 3 is 0.758 bits per heavy atom. The average molecular weight is 936 g/mol. The van der Waals surface area contributed by atoms with Crippen LogP contribution in [0.1, 0.15) is 323 Å². The molecule has 0 saturated heterocycles. The van der Waals surface area contributed by atoms with Crippen molar-refractivity contribution in [2.75, 3.05) is 26.4 Å². The SMILES string of the molecule is CCCCCCCCCCCCCCCCCC(=O)C(CCCCCCCCCCCCCCCC)(C(=O)CCCCCCCCCCCCCCCCC)C(=O)OCC(CO)(CO)CO. The van der Waals surface area contributed by atoms with Gasteiger partial charge in [0.15, 0.2) is 17.0 Å². The largest absolute Gasteiger partial charge is 0.464 e. The molecule has 0 aromatic rings. The molecular formula is C59H114O7. The van der Waals surface area contributed by atoms with Gasteiger partial charge in [-0.3, -0.25) is 14.4 Å². The first kappa shape index (κ1) is 64.7. The highest BCUT2D eigenvalue weighted by molar-refractivity contribution is 6.22. The molecule has 66 heavy (non-hydrogen) atoms. The van der Waals surface area contributed by atoms with Crippen LogP contribution in [0.2, 0.25) is 0 Å². The van der Waals surface area contributed by atoms with Gasteiger partial charge in [0.2, 0.25) is 0 Å². The minimum atomic E-state index is -1.88. The van der Waals surface area contributed by atoms with E-state index in [2.05, 4.69) is 20.8 Å². The van der Waals surface area contributed by atoms with Crippen molar-refractivity contribution >= 4 is 17.5 Å². The molecule has 0 radical (unpaired) electrons. The lowest BCUT2D eigenvalue weighted by Gasteiger charge is -2.32. The Morgan fingerprint density at radius 1 is 0.318 bits per heavy atom. The van der Waals surface area contributed by atoms with Crippen LogP contribution in [0.3, 0.4) is 0 Å². The summed E-state index contributed by atoms with van der Waals surface area (Å²) in [6.07, 6.45) is 53.7. The van der Waals surface area contributed by atoms with E-state index in [0.29, 0.717) is 19.3 Å². The van der Waals surface area contributed by atoms with E-state index in [1.54, 1.807) is 0 Å². The lowest BCUT2D eigenvalue weighted by molar-refractivity contribution is -0.170. The lowest BCUT2D eigenvalue weighted by atomic mass is 9.71. The summed E-state index contributed by atoms with van der Waals surface area (Å²) in [6.45, 7) is 4.59. The number of aliphatic hydroxyl groups is 3. The van der Waals surface area contributed by atoms with Crippen molar-refractivity contribution < 1.29 is 34.4 Å². The molecule has 7 heteroatoms. The number of hydrogen-bond donors (Lipinski definition) is 3. The van der Waals surface area contributed by atoms with Crippen molar-refractivity contribution in [3.63, 3.8) is 0 Å². The van der Waals surface area contributed by atoms with Crippen molar-refractivity contribution in [2.24, 2.45) is 10.8 Å². The monoisotopic (exact) mass is 935 g/mol. The zero-order chi connectivity index (χ0) is 48.5. The van der Waals surface area contributed by atoms with Crippen LogP contribution in [0.15, 0.2) is 0 Å². The molecule has 3 N–H and O–H groups in total. The summed E-state index contributed by atoms with van der Waals surface area (Å²) >= 11 is 0. The number of aliphatic hydroxyl groups excluding tert-OH is 3. The molecule has 0 atom stereocenters. The molecule has 0 amide bonds. The van der Waals surface area contributed by atoms with Crippen LogP contribution < -0.4 is 0 Å². The minimum Gasteiger partial charge on any atom is -0.464 e. The predicted molar refractivity (Wildman–Crippen MR) is 281 cm³/mol. The van der Waals surface area contributed by atoms with Gasteiger partial charge in [0.1, 0.15) is 6.61 Å². The number of hydrogen-bond acceptors (Lipinski definition) is 7. The van der Waals surface area contributed by atoms with E-state index in [-0.39, 0.29) is 30.8 Å². The van der Waals surface area contributed by atoms with Gasteiger partial charge >= 0.3 is 5.97 Å². The Hall–Kier alpha value is -1.31. The van der Waals surface area contributed by atoms with Gasteiger partial charge in [-0.05, 0) is 19.3 Å². The van der Waals surface area contributed by atoms with Crippen LogP contribution in [0, 0.1) is 10.8 Å². The maximum absolute atomic E-state index is 14.5. The Balaban J connectivity index is 5.37. The molecule has 0 fully saturated rings. The van der Waals surface area contributed by atoms with Gasteiger partial charge in [-0.25, -0.2) is 0 Å². The number of esters is 1. The first-order chi connectivity index (χ1) is 32.3. The topological polar surface area (TPSA) is 121 Å². The normalized spacial score (nSPS) is 12.0. The molecule has 0 aromatic carbocycles. The van der Waals surface area contributed by atoms with E-state index in [9.17, 15) is 29.7 Å². The van der Waals surface area contributed by atoms with Crippen molar-refractivity contribution in [1.82, 2.24) is 0 Å². The number of carbonyl (C=O) groups excluding carboxylic acids is 3. The number of Topliss-reactive ketones (excluding diaryl/α,β-unsaturated/α-hetero) is 2. The Labute approximate surface area is 410 Å². The minimum absolute atomic E-state index is 0.142. The highest BCUT2D eigenvalue weighted by Gasteiger charge is 2.52. The first-order valence-corrected chi connectivity index (χ1v) is 29.4. The molecule has 0 rings (SSSR count). The van der Waals surface area contributed by atoms with Crippen molar-refractivity contribution in [1.29, 1.82) is 0 Å². The van der Waals surface area contributed by atoms with E-state index < -0.39 is 43.2 Å². The van der Waals surface area contributed by atoms with Crippen LogP contribution >= 0.6 is 0 Å². The summed E-state index contributed by atoms with van der Waals surface area (Å²) in [6, 6.07) is 0. The van der Waals surface area contributed by atoms with Gasteiger partial charge in [-0.15, -0.1) is 0 Å². The van der Waals surface area contributed by atoms with Gasteiger partial charge in [0.05, 0.1) is 25.2 Å². The molecule has 0 aromatic heterocycles. The number of carbonyl (C=O) groups is 3. The summed E-state index contributed by atoms with van der Waals surface area (Å²) in [5, 5.41) is 30.0. The summed E-state index contributed by atoms with van der Waals surface area (Å²) in [4.78, 5) is 43.3. The molecular weight excluding hydrogens is 821 g/mol. The number of ketones is 2. The number of rotatable bonds is 55. The standard InChI is InChI=1S/C59H114O7/c1-4-7-10-13-16-19-22-25-28-30-33-36-39-42-45-48-55(63)59(57(65)66-54-58(51-60,52-61)53-62,50-47-44-41-38-35-32-27-24-21-18-15-12-9-6-3)56(64)49-46-43-40-37-34-31-29-26-23-20-17-14-11-8-5-2/h60-62H,4-54H2,1-3H3. The molecule has 0 heterocycles. The van der Waals surface area contributed by atoms with E-state index in [0.717, 1.165) is 57.8 Å². The second-order valence-corrected chi connectivity index (χ2v) is 21.0. The highest BCUT2D eigenvalue weighted by Crippen LogP contribution is 2.35. The summed E-state index contributed by atoms with van der Waals surface area (Å²) in [5.41, 5.74) is -3.32. The summed E-state index contributed by atoms with van der Waals surface area (Å²) in [7, 11) is 0. The van der Waals surface area contributed by atoms with Crippen LogP contribution in [-0.2, 0) is 19.1 Å². The van der Waals surface area contributed by atoms with E-state index >= 15 is 0 Å². The highest BCUT2D eigenvalue weighted by atomic mass is 16.5. The molecule has 0 unspecified atom stereocenters. The van der Waals surface area contributed by atoms with Gasteiger partial charge in [-0.1, -0.05) is 290 Å². The maximum atomic E-state index is 14.5. The third kappa shape index (κ3) is 34.9. The summed E-state index contributed by atoms with van der Waals surface area (Å²) in [5.74, 6) is -1.51. The van der Waals surface area contributed by atoms with Crippen LogP contribution in [-0.4, -0.2) is 59.3 Å². The van der Waals surface area contributed by atoms with Crippen LogP contribution in [0.5, 0.6) is 0 Å². The smallest absolute Gasteiger partial charge is 0.327 e. The maximum Gasteiger partial charge on any atom is 0.327 e. The van der Waals surface area contributed by atoms with Gasteiger partial charge < -0.3 is 20.1 Å². The van der Waals surface area contributed by atoms with Crippen LogP contribution in [0.4, 0.5) is 0 Å². The zero-order valence-electron chi connectivity index (χ0n) is 44.5. The quantitative estimate of drug-likeness (QED) is 0.0315. The fraction of sp³-hybridized carbons (Fsp3) is 0.949. The summed E-state index contributed by atoms with van der Waals surface area (Å²) < 4.78 is 5.75.